The third-order valence-electron chi connectivity index (χ3n) is 5.89. The van der Waals surface area contributed by atoms with Crippen LogP contribution in [0, 0.1) is 6.92 Å². The van der Waals surface area contributed by atoms with Crippen molar-refractivity contribution in [1.29, 1.82) is 0 Å². The molecule has 2 amide bonds. The molecule has 1 aromatic heterocycles. The van der Waals surface area contributed by atoms with E-state index in [2.05, 4.69) is 4.98 Å². The molecule has 162 valence electrons. The first kappa shape index (κ1) is 22.8. The molecule has 8 heteroatoms. The Morgan fingerprint density at radius 1 is 1.33 bits per heavy atom. The molecule has 1 atom stereocenters. The van der Waals surface area contributed by atoms with Gasteiger partial charge in [0.25, 0.3) is 5.91 Å². The Bertz CT molecular complexity index is 922. The minimum absolute atomic E-state index is 0.0530. The minimum Gasteiger partial charge on any atom is -0.342 e. The fourth-order valence-electron chi connectivity index (χ4n) is 4.27. The summed E-state index contributed by atoms with van der Waals surface area (Å²) in [6.07, 6.45) is 4.79. The number of hydrogen-bond acceptors (Lipinski definition) is 4. The van der Waals surface area contributed by atoms with Gasteiger partial charge < -0.3 is 15.5 Å². The van der Waals surface area contributed by atoms with Crippen LogP contribution in [0.2, 0.25) is 0 Å². The van der Waals surface area contributed by atoms with Gasteiger partial charge in [-0.25, -0.2) is 0 Å². The molecule has 3 rings (SSSR count). The second-order valence-electron chi connectivity index (χ2n) is 7.56. The number of aromatic nitrogens is 1. The molecule has 2 N–H and O–H groups in total. The maximum Gasteiger partial charge on any atom is 0.256 e. The maximum atomic E-state index is 13.5. The fraction of sp³-hybridized carbons (Fsp3) is 0.500. The smallest absolute Gasteiger partial charge is 0.256 e. The van der Waals surface area contributed by atoms with Crippen molar-refractivity contribution in [1.82, 2.24) is 14.8 Å². The number of likely N-dealkylation sites (N-methyl/N-ethyl adjacent to an activating group) is 1. The topological polar surface area (TPSA) is 79.5 Å². The molecule has 1 aliphatic carbocycles. The molecule has 0 spiro atoms. The summed E-state index contributed by atoms with van der Waals surface area (Å²) in [6.45, 7) is 7.80. The van der Waals surface area contributed by atoms with Gasteiger partial charge >= 0.3 is 0 Å². The first-order chi connectivity index (χ1) is 14.3. The van der Waals surface area contributed by atoms with E-state index in [0.717, 1.165) is 22.5 Å². The van der Waals surface area contributed by atoms with E-state index in [1.807, 2.05) is 26.8 Å². The summed E-state index contributed by atoms with van der Waals surface area (Å²) < 4.78 is 0. The summed E-state index contributed by atoms with van der Waals surface area (Å²) in [7, 11) is 0. The Kier molecular flexibility index (Phi) is 7.22. The number of fused-ring (bicyclic) bond motifs is 1. The lowest BCUT2D eigenvalue weighted by molar-refractivity contribution is -0.131. The monoisotopic (exact) mass is 450 g/mol. The van der Waals surface area contributed by atoms with Crippen LogP contribution in [0.25, 0.3) is 0 Å². The van der Waals surface area contributed by atoms with Crippen LogP contribution >= 0.6 is 23.2 Å². The van der Waals surface area contributed by atoms with Gasteiger partial charge in [0, 0.05) is 54.3 Å². The number of amides is 2. The van der Waals surface area contributed by atoms with E-state index in [0.29, 0.717) is 48.1 Å². The van der Waals surface area contributed by atoms with Gasteiger partial charge in [-0.05, 0) is 44.4 Å². The molecule has 0 saturated carbocycles. The van der Waals surface area contributed by atoms with Crippen molar-refractivity contribution in [3.05, 3.63) is 50.3 Å². The summed E-state index contributed by atoms with van der Waals surface area (Å²) in [5.74, 6) is -0.438. The quantitative estimate of drug-likeness (QED) is 0.719. The van der Waals surface area contributed by atoms with E-state index >= 15 is 0 Å². The Morgan fingerprint density at radius 3 is 2.63 bits per heavy atom. The van der Waals surface area contributed by atoms with Crippen LogP contribution in [0.4, 0.5) is 0 Å². The Morgan fingerprint density at radius 2 is 2.03 bits per heavy atom. The zero-order valence-corrected chi connectivity index (χ0v) is 19.2. The highest BCUT2D eigenvalue weighted by atomic mass is 35.5. The summed E-state index contributed by atoms with van der Waals surface area (Å²) in [6, 6.07) is 0. The molecule has 0 bridgehead atoms. The number of nitrogens with two attached hydrogens (primary N) is 1. The normalized spacial score (nSPS) is 18.7. The van der Waals surface area contributed by atoms with Gasteiger partial charge in [0.15, 0.2) is 0 Å². The van der Waals surface area contributed by atoms with Crippen molar-refractivity contribution < 1.29 is 9.59 Å². The number of pyridine rings is 1. The number of halogens is 2. The Labute approximate surface area is 187 Å². The van der Waals surface area contributed by atoms with Crippen molar-refractivity contribution >= 4 is 35.0 Å². The molecule has 0 saturated heterocycles. The van der Waals surface area contributed by atoms with Crippen molar-refractivity contribution in [2.45, 2.75) is 46.1 Å². The largest absolute Gasteiger partial charge is 0.342 e. The molecular weight excluding hydrogens is 423 g/mol. The number of rotatable bonds is 6. The highest BCUT2D eigenvalue weighted by Crippen LogP contribution is 2.41. The maximum absolute atomic E-state index is 13.5. The standard InChI is InChI=1S/C22H28Cl2N4O2/c1-4-27(5-2)19(29)12-28-9-8-18-21(22(28)30)20(16(11-25)13(3)26-18)15-7-6-14(23)10-17(15)24/h6,10,15H,4-5,7-9,11-12,25H2,1-3H3. The number of allylic oxidation sites excluding steroid dienone is 4. The molecule has 2 aliphatic rings. The first-order valence-corrected chi connectivity index (χ1v) is 11.1. The average molecular weight is 451 g/mol. The van der Waals surface area contributed by atoms with Crippen LogP contribution < -0.4 is 5.73 Å². The highest BCUT2D eigenvalue weighted by molar-refractivity contribution is 6.35. The minimum atomic E-state index is -0.203. The van der Waals surface area contributed by atoms with Gasteiger partial charge in [-0.1, -0.05) is 29.3 Å². The lowest BCUT2D eigenvalue weighted by Crippen LogP contribution is -2.46. The zero-order chi connectivity index (χ0) is 22.0. The van der Waals surface area contributed by atoms with Gasteiger partial charge in [0.1, 0.15) is 6.54 Å². The van der Waals surface area contributed by atoms with Gasteiger partial charge in [0.2, 0.25) is 5.91 Å². The van der Waals surface area contributed by atoms with Gasteiger partial charge in [-0.3, -0.25) is 14.6 Å². The predicted molar refractivity (Wildman–Crippen MR) is 120 cm³/mol. The van der Waals surface area contributed by atoms with Crippen LogP contribution in [0.5, 0.6) is 0 Å². The van der Waals surface area contributed by atoms with Crippen LogP contribution in [0.1, 0.15) is 59.1 Å². The van der Waals surface area contributed by atoms with E-state index in [1.54, 1.807) is 15.9 Å². The molecule has 0 radical (unpaired) electrons. The molecule has 1 aromatic rings. The molecule has 1 unspecified atom stereocenters. The highest BCUT2D eigenvalue weighted by Gasteiger charge is 2.35. The van der Waals surface area contributed by atoms with Crippen LogP contribution in [0.15, 0.2) is 22.2 Å². The number of carbonyl (C=O) groups excluding carboxylic acids is 2. The van der Waals surface area contributed by atoms with E-state index in [-0.39, 0.29) is 30.8 Å². The van der Waals surface area contributed by atoms with Crippen molar-refractivity contribution in [3.8, 4) is 0 Å². The number of aryl methyl sites for hydroxylation is 1. The van der Waals surface area contributed by atoms with Crippen LogP contribution in [-0.4, -0.2) is 52.8 Å². The van der Waals surface area contributed by atoms with Gasteiger partial charge in [-0.15, -0.1) is 0 Å². The summed E-state index contributed by atoms with van der Waals surface area (Å²) in [4.78, 5) is 34.2. The molecule has 2 heterocycles. The van der Waals surface area contributed by atoms with E-state index < -0.39 is 0 Å². The molecule has 30 heavy (non-hydrogen) atoms. The van der Waals surface area contributed by atoms with Crippen molar-refractivity contribution in [3.63, 3.8) is 0 Å². The number of carbonyl (C=O) groups is 2. The second kappa shape index (κ2) is 9.50. The van der Waals surface area contributed by atoms with E-state index in [1.165, 1.54) is 0 Å². The molecule has 6 nitrogen and oxygen atoms in total. The van der Waals surface area contributed by atoms with Crippen molar-refractivity contribution in [2.75, 3.05) is 26.2 Å². The Balaban J connectivity index is 2.05. The SMILES string of the molecule is CCN(CC)C(=O)CN1CCc2nc(C)c(CN)c(C3CC=C(Cl)C=C3Cl)c2C1=O. The van der Waals surface area contributed by atoms with Crippen LogP contribution in [-0.2, 0) is 17.8 Å². The number of nitrogens with zero attached hydrogens (tertiary/aromatic N) is 3. The van der Waals surface area contributed by atoms with Crippen LogP contribution in [0.3, 0.4) is 0 Å². The molecule has 1 aliphatic heterocycles. The van der Waals surface area contributed by atoms with Crippen molar-refractivity contribution in [2.24, 2.45) is 5.73 Å². The van der Waals surface area contributed by atoms with Gasteiger partial charge in [0.05, 0.1) is 11.3 Å². The molecular formula is C22H28Cl2N4O2. The average Bonchev–Trinajstić information content (AvgIpc) is 2.70. The predicted octanol–water partition coefficient (Wildman–Crippen LogP) is 3.45. The van der Waals surface area contributed by atoms with E-state index in [4.69, 9.17) is 28.9 Å². The molecule has 0 fully saturated rings. The summed E-state index contributed by atoms with van der Waals surface area (Å²) in [5.41, 5.74) is 9.84. The fourth-order valence-corrected chi connectivity index (χ4v) is 4.85. The van der Waals surface area contributed by atoms with Gasteiger partial charge in [-0.2, -0.15) is 0 Å². The lowest BCUT2D eigenvalue weighted by Gasteiger charge is -2.34. The summed E-state index contributed by atoms with van der Waals surface area (Å²) >= 11 is 12.7. The molecule has 0 aromatic carbocycles. The lowest BCUT2D eigenvalue weighted by atomic mass is 9.82. The third kappa shape index (κ3) is 4.27. The number of hydrogen-bond donors (Lipinski definition) is 1. The zero-order valence-electron chi connectivity index (χ0n) is 17.7. The van der Waals surface area contributed by atoms with E-state index in [9.17, 15) is 9.59 Å². The summed E-state index contributed by atoms with van der Waals surface area (Å²) in [5, 5.41) is 1.16. The first-order valence-electron chi connectivity index (χ1n) is 10.3. The Hall–Kier alpha value is -1.89. The second-order valence-corrected chi connectivity index (χ2v) is 8.44. The third-order valence-corrected chi connectivity index (χ3v) is 6.53.